The molecule has 2 rings (SSSR count). The van der Waals surface area contributed by atoms with Gasteiger partial charge >= 0.3 is 0 Å². The summed E-state index contributed by atoms with van der Waals surface area (Å²) < 4.78 is 0. The number of benzene rings is 1. The molecule has 1 aromatic heterocycles. The molecule has 0 atom stereocenters. The number of aromatic nitrogens is 1. The number of rotatable bonds is 3. The molecule has 0 spiro atoms. The van der Waals surface area contributed by atoms with Crippen molar-refractivity contribution in [2.45, 2.75) is 6.92 Å². The van der Waals surface area contributed by atoms with Crippen LogP contribution in [0, 0.1) is 0 Å². The molecule has 0 saturated carbocycles. The maximum absolute atomic E-state index is 5.11. The number of hydrogen-bond acceptors (Lipinski definition) is 2. The molecule has 1 aromatic carbocycles. The van der Waals surface area contributed by atoms with E-state index in [0.29, 0.717) is 0 Å². The van der Waals surface area contributed by atoms with E-state index in [9.17, 15) is 0 Å². The lowest BCUT2D eigenvalue weighted by atomic mass is 10.0. The van der Waals surface area contributed by atoms with Crippen LogP contribution in [0.4, 0.5) is 0 Å². The minimum atomic E-state index is 0.941. The Morgan fingerprint density at radius 2 is 1.88 bits per heavy atom. The Morgan fingerprint density at radius 1 is 1.12 bits per heavy atom. The molecule has 2 heteroatoms. The summed E-state index contributed by atoms with van der Waals surface area (Å²) in [4.78, 5) is 4.43. The molecule has 1 heterocycles. The van der Waals surface area contributed by atoms with Crippen molar-refractivity contribution in [3.05, 3.63) is 59.8 Å². The predicted molar refractivity (Wildman–Crippen MR) is 77.1 cm³/mol. The molecule has 84 valence electrons. The normalized spacial score (nSPS) is 10.6. The van der Waals surface area contributed by atoms with E-state index in [1.807, 2.05) is 61.7 Å². The van der Waals surface area contributed by atoms with Gasteiger partial charge < -0.3 is 0 Å². The lowest BCUT2D eigenvalue weighted by Gasteiger charge is -2.07. The van der Waals surface area contributed by atoms with E-state index in [1.165, 1.54) is 0 Å². The van der Waals surface area contributed by atoms with Gasteiger partial charge in [-0.05, 0) is 18.6 Å². The number of hydrogen-bond donors (Lipinski definition) is 0. The molecule has 0 fully saturated rings. The molecular weight excluding hydrogens is 226 g/mol. The number of nitrogens with zero attached hydrogens (tertiary/aromatic N) is 1. The van der Waals surface area contributed by atoms with Crippen molar-refractivity contribution >= 4 is 23.7 Å². The topological polar surface area (TPSA) is 12.9 Å². The largest absolute Gasteiger partial charge is 0.256 e. The van der Waals surface area contributed by atoms with Crippen LogP contribution in [0.25, 0.3) is 17.3 Å². The molecule has 0 aliphatic carbocycles. The third kappa shape index (κ3) is 2.48. The maximum Gasteiger partial charge on any atom is 0.0788 e. The van der Waals surface area contributed by atoms with Crippen LogP contribution in [0.5, 0.6) is 0 Å². The monoisotopic (exact) mass is 239 g/mol. The fourth-order valence-electron chi connectivity index (χ4n) is 1.76. The van der Waals surface area contributed by atoms with Gasteiger partial charge in [0.1, 0.15) is 0 Å². The van der Waals surface area contributed by atoms with Crippen LogP contribution in [0.2, 0.25) is 0 Å². The molecule has 0 unspecified atom stereocenters. The summed E-state index contributed by atoms with van der Waals surface area (Å²) in [5.74, 6) is 0. The lowest BCUT2D eigenvalue weighted by molar-refractivity contribution is 1.31. The third-order valence-corrected chi connectivity index (χ3v) is 2.77. The highest BCUT2D eigenvalue weighted by molar-refractivity contribution is 7.79. The maximum atomic E-state index is 5.11. The first kappa shape index (κ1) is 11.7. The summed E-state index contributed by atoms with van der Waals surface area (Å²) >= 11 is 5.11. The van der Waals surface area contributed by atoms with Crippen molar-refractivity contribution in [1.82, 2.24) is 4.98 Å². The Hall–Kier alpha value is -1.80. The van der Waals surface area contributed by atoms with Gasteiger partial charge in [0.25, 0.3) is 0 Å². The first-order chi connectivity index (χ1) is 8.36. The molecule has 17 heavy (non-hydrogen) atoms. The van der Waals surface area contributed by atoms with Crippen molar-refractivity contribution in [2.24, 2.45) is 0 Å². The minimum Gasteiger partial charge on any atom is -0.256 e. The van der Waals surface area contributed by atoms with Crippen molar-refractivity contribution in [3.63, 3.8) is 0 Å². The van der Waals surface area contributed by atoms with Gasteiger partial charge in [-0.2, -0.15) is 0 Å². The van der Waals surface area contributed by atoms with Crippen molar-refractivity contribution in [2.75, 3.05) is 0 Å². The van der Waals surface area contributed by atoms with Crippen LogP contribution in [-0.2, 0) is 0 Å². The molecule has 1 nitrogen and oxygen atoms in total. The van der Waals surface area contributed by atoms with E-state index in [1.54, 1.807) is 5.37 Å². The molecule has 0 saturated heterocycles. The van der Waals surface area contributed by atoms with E-state index >= 15 is 0 Å². The molecule has 0 N–H and O–H groups in total. The highest BCUT2D eigenvalue weighted by Crippen LogP contribution is 2.23. The fraction of sp³-hybridized carbons (Fsp3) is 0.0667. The zero-order chi connectivity index (χ0) is 12.1. The van der Waals surface area contributed by atoms with Gasteiger partial charge in [0, 0.05) is 22.7 Å². The van der Waals surface area contributed by atoms with Gasteiger partial charge in [0.05, 0.1) is 5.69 Å². The fourth-order valence-corrected chi connectivity index (χ4v) is 2.01. The Bertz CT molecular complexity index is 544. The van der Waals surface area contributed by atoms with E-state index in [0.717, 1.165) is 22.4 Å². The molecule has 0 bridgehead atoms. The number of pyridine rings is 1. The van der Waals surface area contributed by atoms with Crippen molar-refractivity contribution < 1.29 is 0 Å². The van der Waals surface area contributed by atoms with E-state index in [2.05, 4.69) is 4.98 Å². The molecule has 2 aromatic rings. The SMILES string of the molecule is C/C=C\c1ccnc(-c2ccccc2)c1C=S. The summed E-state index contributed by atoms with van der Waals surface area (Å²) in [6.07, 6.45) is 5.87. The summed E-state index contributed by atoms with van der Waals surface area (Å²) in [5.41, 5.74) is 4.15. The van der Waals surface area contributed by atoms with Crippen molar-refractivity contribution in [1.29, 1.82) is 0 Å². The van der Waals surface area contributed by atoms with Crippen LogP contribution in [0.1, 0.15) is 18.1 Å². The van der Waals surface area contributed by atoms with Gasteiger partial charge in [-0.3, -0.25) is 4.98 Å². The van der Waals surface area contributed by atoms with Crippen LogP contribution < -0.4 is 0 Å². The van der Waals surface area contributed by atoms with Crippen LogP contribution in [0.3, 0.4) is 0 Å². The minimum absolute atomic E-state index is 0.941. The van der Waals surface area contributed by atoms with Crippen LogP contribution in [0.15, 0.2) is 48.7 Å². The zero-order valence-electron chi connectivity index (χ0n) is 9.63. The van der Waals surface area contributed by atoms with Gasteiger partial charge in [0.2, 0.25) is 0 Å². The quantitative estimate of drug-likeness (QED) is 0.747. The smallest absolute Gasteiger partial charge is 0.0788 e. The summed E-state index contributed by atoms with van der Waals surface area (Å²) in [7, 11) is 0. The standard InChI is InChI=1S/C15H13NS/c1-2-6-12-9-10-16-15(14(12)11-17)13-7-4-3-5-8-13/h2-11H,1H3/b6-2-. The Morgan fingerprint density at radius 3 is 2.53 bits per heavy atom. The van der Waals surface area contributed by atoms with Gasteiger partial charge in [-0.1, -0.05) is 54.7 Å². The Balaban J connectivity index is 2.62. The van der Waals surface area contributed by atoms with Crippen LogP contribution in [-0.4, -0.2) is 10.4 Å². The first-order valence-corrected chi connectivity index (χ1v) is 5.96. The van der Waals surface area contributed by atoms with E-state index in [-0.39, 0.29) is 0 Å². The molecule has 0 aliphatic heterocycles. The second kappa shape index (κ2) is 5.51. The second-order valence-corrected chi connectivity index (χ2v) is 3.88. The lowest BCUT2D eigenvalue weighted by Crippen LogP contribution is -1.94. The average molecular weight is 239 g/mol. The van der Waals surface area contributed by atoms with Crippen molar-refractivity contribution in [3.8, 4) is 11.3 Å². The average Bonchev–Trinajstić information content (AvgIpc) is 2.40. The van der Waals surface area contributed by atoms with E-state index in [4.69, 9.17) is 12.2 Å². The van der Waals surface area contributed by atoms with Crippen LogP contribution >= 0.6 is 12.2 Å². The number of allylic oxidation sites excluding steroid dienone is 1. The Kier molecular flexibility index (Phi) is 3.78. The number of thiocarbonyl (C=S) groups is 1. The van der Waals surface area contributed by atoms with Gasteiger partial charge in [-0.15, -0.1) is 0 Å². The van der Waals surface area contributed by atoms with Gasteiger partial charge in [-0.25, -0.2) is 0 Å². The molecule has 0 aliphatic rings. The summed E-state index contributed by atoms with van der Waals surface area (Å²) in [5, 5.41) is 1.70. The highest BCUT2D eigenvalue weighted by Gasteiger charge is 2.07. The third-order valence-electron chi connectivity index (χ3n) is 2.54. The summed E-state index contributed by atoms with van der Waals surface area (Å²) in [6.45, 7) is 2.00. The van der Waals surface area contributed by atoms with Gasteiger partial charge in [0.15, 0.2) is 0 Å². The molecule has 0 amide bonds. The Labute approximate surface area is 107 Å². The zero-order valence-corrected chi connectivity index (χ0v) is 10.4. The van der Waals surface area contributed by atoms with E-state index < -0.39 is 0 Å². The molecular formula is C15H13NS. The summed E-state index contributed by atoms with van der Waals surface area (Å²) in [6, 6.07) is 12.1. The predicted octanol–water partition coefficient (Wildman–Crippen LogP) is 4.13. The first-order valence-electron chi connectivity index (χ1n) is 5.49. The second-order valence-electron chi connectivity index (χ2n) is 3.65. The highest BCUT2D eigenvalue weighted by atomic mass is 32.1. The molecule has 0 radical (unpaired) electrons.